The highest BCUT2D eigenvalue weighted by Crippen LogP contribution is 2.48. The van der Waals surface area contributed by atoms with E-state index in [1.807, 2.05) is 24.3 Å². The lowest BCUT2D eigenvalue weighted by Gasteiger charge is -2.13. The van der Waals surface area contributed by atoms with Gasteiger partial charge in [0.15, 0.2) is 0 Å². The standard InChI is InChI=1S/C11H12ClNO/c1-13-10(14)11(5-6-11)8-3-2-4-9(12)7-8/h2-4,7H,5-6H2,1H3,(H,13,14). The Kier molecular flexibility index (Phi) is 2.23. The average molecular weight is 210 g/mol. The molecule has 2 rings (SSSR count). The van der Waals surface area contributed by atoms with Crippen LogP contribution in [0.2, 0.25) is 5.02 Å². The summed E-state index contributed by atoms with van der Waals surface area (Å²) in [6.07, 6.45) is 1.85. The molecular weight excluding hydrogens is 198 g/mol. The van der Waals surface area contributed by atoms with Gasteiger partial charge in [0.2, 0.25) is 5.91 Å². The highest BCUT2D eigenvalue weighted by molar-refractivity contribution is 6.30. The molecule has 0 aromatic heterocycles. The predicted octanol–water partition coefficient (Wildman–Crippen LogP) is 2.12. The first-order chi connectivity index (χ1) is 6.69. The number of halogens is 1. The lowest BCUT2D eigenvalue weighted by molar-refractivity contribution is -0.123. The number of benzene rings is 1. The van der Waals surface area contributed by atoms with E-state index in [1.54, 1.807) is 7.05 Å². The van der Waals surface area contributed by atoms with E-state index >= 15 is 0 Å². The summed E-state index contributed by atoms with van der Waals surface area (Å²) in [6, 6.07) is 7.56. The molecule has 14 heavy (non-hydrogen) atoms. The van der Waals surface area contributed by atoms with E-state index in [1.165, 1.54) is 0 Å². The second kappa shape index (κ2) is 3.28. The molecular formula is C11H12ClNO. The normalized spacial score (nSPS) is 17.6. The summed E-state index contributed by atoms with van der Waals surface area (Å²) in [7, 11) is 1.67. The Hall–Kier alpha value is -1.02. The summed E-state index contributed by atoms with van der Waals surface area (Å²) in [6.45, 7) is 0. The van der Waals surface area contributed by atoms with Crippen molar-refractivity contribution in [3.8, 4) is 0 Å². The van der Waals surface area contributed by atoms with Crippen LogP contribution in [0.5, 0.6) is 0 Å². The number of hydrogen-bond acceptors (Lipinski definition) is 1. The van der Waals surface area contributed by atoms with Crippen LogP contribution in [0.15, 0.2) is 24.3 Å². The molecule has 74 valence electrons. The molecule has 0 saturated heterocycles. The Bertz CT molecular complexity index is 371. The van der Waals surface area contributed by atoms with Gasteiger partial charge in [-0.05, 0) is 30.5 Å². The lowest BCUT2D eigenvalue weighted by atomic mass is 9.95. The van der Waals surface area contributed by atoms with Crippen LogP contribution in [0.4, 0.5) is 0 Å². The monoisotopic (exact) mass is 209 g/mol. The minimum Gasteiger partial charge on any atom is -0.358 e. The van der Waals surface area contributed by atoms with Gasteiger partial charge in [0.1, 0.15) is 0 Å². The number of hydrogen-bond donors (Lipinski definition) is 1. The van der Waals surface area contributed by atoms with Crippen LogP contribution < -0.4 is 5.32 Å². The molecule has 0 radical (unpaired) electrons. The van der Waals surface area contributed by atoms with Crippen LogP contribution in [0.3, 0.4) is 0 Å². The van der Waals surface area contributed by atoms with Crippen molar-refractivity contribution in [2.75, 3.05) is 7.05 Å². The van der Waals surface area contributed by atoms with Crippen molar-refractivity contribution in [2.45, 2.75) is 18.3 Å². The maximum absolute atomic E-state index is 11.7. The van der Waals surface area contributed by atoms with Crippen molar-refractivity contribution in [3.63, 3.8) is 0 Å². The molecule has 1 fully saturated rings. The van der Waals surface area contributed by atoms with Crippen LogP contribution in [0, 0.1) is 0 Å². The molecule has 1 N–H and O–H groups in total. The predicted molar refractivity (Wildman–Crippen MR) is 56.4 cm³/mol. The highest BCUT2D eigenvalue weighted by Gasteiger charge is 2.50. The molecule has 3 heteroatoms. The Morgan fingerprint density at radius 3 is 2.71 bits per heavy atom. The van der Waals surface area contributed by atoms with E-state index in [4.69, 9.17) is 11.6 Å². The van der Waals surface area contributed by atoms with Gasteiger partial charge in [0.05, 0.1) is 5.41 Å². The fourth-order valence-electron chi connectivity index (χ4n) is 1.80. The third-order valence-electron chi connectivity index (χ3n) is 2.79. The van der Waals surface area contributed by atoms with E-state index < -0.39 is 0 Å². The van der Waals surface area contributed by atoms with Gasteiger partial charge in [-0.15, -0.1) is 0 Å². The third kappa shape index (κ3) is 1.40. The number of likely N-dealkylation sites (N-methyl/N-ethyl adjacent to an activating group) is 1. The molecule has 0 spiro atoms. The fraction of sp³-hybridized carbons (Fsp3) is 0.364. The zero-order chi connectivity index (χ0) is 10.2. The Morgan fingerprint density at radius 2 is 2.21 bits per heavy atom. The van der Waals surface area contributed by atoms with Gasteiger partial charge >= 0.3 is 0 Å². The summed E-state index contributed by atoms with van der Waals surface area (Å²) in [5.74, 6) is 0.0970. The van der Waals surface area contributed by atoms with E-state index in [9.17, 15) is 4.79 Å². The number of carbonyl (C=O) groups is 1. The van der Waals surface area contributed by atoms with Gasteiger partial charge in [0, 0.05) is 12.1 Å². The van der Waals surface area contributed by atoms with E-state index in [-0.39, 0.29) is 11.3 Å². The molecule has 2 nitrogen and oxygen atoms in total. The fourth-order valence-corrected chi connectivity index (χ4v) is 1.99. The van der Waals surface area contributed by atoms with Crippen LogP contribution in [-0.2, 0) is 10.2 Å². The van der Waals surface area contributed by atoms with E-state index in [0.717, 1.165) is 18.4 Å². The van der Waals surface area contributed by atoms with Gasteiger partial charge < -0.3 is 5.32 Å². The summed E-state index contributed by atoms with van der Waals surface area (Å²) in [4.78, 5) is 11.7. The van der Waals surface area contributed by atoms with Crippen molar-refractivity contribution in [1.29, 1.82) is 0 Å². The summed E-state index contributed by atoms with van der Waals surface area (Å²) < 4.78 is 0. The number of carbonyl (C=O) groups excluding carboxylic acids is 1. The zero-order valence-electron chi connectivity index (χ0n) is 8.01. The lowest BCUT2D eigenvalue weighted by Crippen LogP contribution is -2.31. The minimum atomic E-state index is -0.292. The first-order valence-electron chi connectivity index (χ1n) is 4.67. The Morgan fingerprint density at radius 1 is 1.50 bits per heavy atom. The quantitative estimate of drug-likeness (QED) is 0.795. The molecule has 0 unspecified atom stereocenters. The Labute approximate surface area is 88.3 Å². The van der Waals surface area contributed by atoms with Crippen molar-refractivity contribution in [1.82, 2.24) is 5.32 Å². The SMILES string of the molecule is CNC(=O)C1(c2cccc(Cl)c2)CC1. The number of amides is 1. The van der Waals surface area contributed by atoms with Crippen molar-refractivity contribution in [3.05, 3.63) is 34.9 Å². The average Bonchev–Trinajstić information content (AvgIpc) is 2.97. The summed E-state index contributed by atoms with van der Waals surface area (Å²) >= 11 is 5.89. The maximum Gasteiger partial charge on any atom is 0.230 e. The number of nitrogens with one attached hydrogen (secondary N) is 1. The van der Waals surface area contributed by atoms with Gasteiger partial charge in [0.25, 0.3) is 0 Å². The molecule has 1 aromatic rings. The molecule has 1 aromatic carbocycles. The van der Waals surface area contributed by atoms with E-state index in [0.29, 0.717) is 5.02 Å². The zero-order valence-corrected chi connectivity index (χ0v) is 8.77. The minimum absolute atomic E-state index is 0.0970. The molecule has 0 atom stereocenters. The van der Waals surface area contributed by atoms with Crippen molar-refractivity contribution >= 4 is 17.5 Å². The second-order valence-electron chi connectivity index (χ2n) is 3.67. The topological polar surface area (TPSA) is 29.1 Å². The third-order valence-corrected chi connectivity index (χ3v) is 3.02. The molecule has 0 bridgehead atoms. The van der Waals surface area contributed by atoms with Crippen LogP contribution in [0.1, 0.15) is 18.4 Å². The summed E-state index contributed by atoms with van der Waals surface area (Å²) in [5.41, 5.74) is 0.740. The van der Waals surface area contributed by atoms with Gasteiger partial charge in [-0.1, -0.05) is 23.7 Å². The van der Waals surface area contributed by atoms with Crippen LogP contribution in [0.25, 0.3) is 0 Å². The second-order valence-corrected chi connectivity index (χ2v) is 4.11. The molecule has 1 aliphatic carbocycles. The molecule has 1 saturated carbocycles. The van der Waals surface area contributed by atoms with Crippen LogP contribution >= 0.6 is 11.6 Å². The maximum atomic E-state index is 11.7. The largest absolute Gasteiger partial charge is 0.358 e. The Balaban J connectivity index is 2.35. The van der Waals surface area contributed by atoms with Gasteiger partial charge in [-0.3, -0.25) is 4.79 Å². The van der Waals surface area contributed by atoms with Crippen molar-refractivity contribution < 1.29 is 4.79 Å². The molecule has 1 amide bonds. The molecule has 0 heterocycles. The first kappa shape index (κ1) is 9.53. The van der Waals surface area contributed by atoms with Crippen molar-refractivity contribution in [2.24, 2.45) is 0 Å². The smallest absolute Gasteiger partial charge is 0.230 e. The molecule has 0 aliphatic heterocycles. The molecule has 1 aliphatic rings. The van der Waals surface area contributed by atoms with Crippen LogP contribution in [-0.4, -0.2) is 13.0 Å². The summed E-state index contributed by atoms with van der Waals surface area (Å²) in [5, 5.41) is 3.40. The first-order valence-corrected chi connectivity index (χ1v) is 5.05. The van der Waals surface area contributed by atoms with E-state index in [2.05, 4.69) is 5.32 Å². The number of rotatable bonds is 2. The van der Waals surface area contributed by atoms with Gasteiger partial charge in [-0.2, -0.15) is 0 Å². The highest BCUT2D eigenvalue weighted by atomic mass is 35.5. The van der Waals surface area contributed by atoms with Gasteiger partial charge in [-0.25, -0.2) is 0 Å².